The van der Waals surface area contributed by atoms with Gasteiger partial charge in [0.15, 0.2) is 0 Å². The number of fused-ring (bicyclic) bond motifs is 1. The van der Waals surface area contributed by atoms with Crippen LogP contribution in [0.2, 0.25) is 0 Å². The Morgan fingerprint density at radius 3 is 2.83 bits per heavy atom. The SMILES string of the molecule is CCn1c(CCNC(=O)[C@H]2C[C@H](F)CN2)nc2ccccc21.Cl.Cl. The normalized spacial score (nSPS) is 19.6. The molecule has 2 N–H and O–H groups in total. The molecule has 2 atom stereocenters. The average Bonchev–Trinajstić information content (AvgIpc) is 3.10. The third kappa shape index (κ3) is 4.37. The van der Waals surface area contributed by atoms with E-state index in [0.717, 1.165) is 23.4 Å². The number of aromatic nitrogens is 2. The van der Waals surface area contributed by atoms with Gasteiger partial charge in [0.25, 0.3) is 0 Å². The summed E-state index contributed by atoms with van der Waals surface area (Å²) in [6.07, 6.45) is 0.0133. The lowest BCUT2D eigenvalue weighted by molar-refractivity contribution is -0.122. The predicted octanol–water partition coefficient (Wildman–Crippen LogP) is 2.26. The van der Waals surface area contributed by atoms with Crippen molar-refractivity contribution in [2.45, 2.75) is 38.5 Å². The van der Waals surface area contributed by atoms with Gasteiger partial charge in [0, 0.05) is 32.5 Å². The molecule has 0 spiro atoms. The van der Waals surface area contributed by atoms with E-state index in [1.54, 1.807) is 0 Å². The molecule has 1 amide bonds. The minimum Gasteiger partial charge on any atom is -0.354 e. The Hall–Kier alpha value is -1.37. The number of benzene rings is 1. The molecule has 0 bridgehead atoms. The number of nitrogens with zero attached hydrogens (tertiary/aromatic N) is 2. The van der Waals surface area contributed by atoms with E-state index in [1.165, 1.54) is 0 Å². The highest BCUT2D eigenvalue weighted by Crippen LogP contribution is 2.16. The van der Waals surface area contributed by atoms with Gasteiger partial charge in [0.1, 0.15) is 12.0 Å². The molecule has 0 saturated carbocycles. The molecule has 0 unspecified atom stereocenters. The summed E-state index contributed by atoms with van der Waals surface area (Å²) >= 11 is 0. The molecule has 1 aliphatic heterocycles. The fourth-order valence-corrected chi connectivity index (χ4v) is 2.98. The quantitative estimate of drug-likeness (QED) is 0.841. The first kappa shape index (κ1) is 20.7. The summed E-state index contributed by atoms with van der Waals surface area (Å²) in [4.78, 5) is 16.6. The van der Waals surface area contributed by atoms with Crippen LogP contribution in [0.15, 0.2) is 24.3 Å². The first-order valence-electron chi connectivity index (χ1n) is 7.78. The zero-order valence-electron chi connectivity index (χ0n) is 13.5. The summed E-state index contributed by atoms with van der Waals surface area (Å²) in [5.41, 5.74) is 2.09. The Morgan fingerprint density at radius 1 is 1.42 bits per heavy atom. The third-order valence-corrected chi connectivity index (χ3v) is 4.09. The smallest absolute Gasteiger partial charge is 0.237 e. The van der Waals surface area contributed by atoms with E-state index in [9.17, 15) is 9.18 Å². The first-order chi connectivity index (χ1) is 10.7. The van der Waals surface area contributed by atoms with Crippen LogP contribution in [0.1, 0.15) is 19.2 Å². The zero-order valence-corrected chi connectivity index (χ0v) is 15.1. The Kier molecular flexibility index (Phi) is 7.93. The fraction of sp³-hybridized carbons (Fsp3) is 0.500. The third-order valence-electron chi connectivity index (χ3n) is 4.09. The molecule has 0 aliphatic carbocycles. The lowest BCUT2D eigenvalue weighted by Gasteiger charge is -2.11. The Morgan fingerprint density at radius 2 is 2.17 bits per heavy atom. The zero-order chi connectivity index (χ0) is 15.5. The molecule has 1 aromatic heterocycles. The Bertz CT molecular complexity index is 679. The van der Waals surface area contributed by atoms with Crippen molar-refractivity contribution >= 4 is 41.8 Å². The van der Waals surface area contributed by atoms with Crippen molar-refractivity contribution in [1.82, 2.24) is 20.2 Å². The van der Waals surface area contributed by atoms with E-state index in [2.05, 4.69) is 33.2 Å². The number of hydrogen-bond acceptors (Lipinski definition) is 3. The van der Waals surface area contributed by atoms with Gasteiger partial charge in [-0.1, -0.05) is 12.1 Å². The highest BCUT2D eigenvalue weighted by atomic mass is 35.5. The van der Waals surface area contributed by atoms with Crippen LogP contribution < -0.4 is 10.6 Å². The summed E-state index contributed by atoms with van der Waals surface area (Å²) < 4.78 is 15.2. The van der Waals surface area contributed by atoms with Crippen LogP contribution >= 0.6 is 24.8 Å². The Balaban J connectivity index is 0.00000144. The van der Waals surface area contributed by atoms with E-state index in [4.69, 9.17) is 0 Å². The summed E-state index contributed by atoms with van der Waals surface area (Å²) in [5, 5.41) is 5.76. The number of carbonyl (C=O) groups is 1. The van der Waals surface area contributed by atoms with Crippen LogP contribution in [0, 0.1) is 0 Å². The van der Waals surface area contributed by atoms with Crippen LogP contribution in [0.25, 0.3) is 11.0 Å². The fourth-order valence-electron chi connectivity index (χ4n) is 2.98. The van der Waals surface area contributed by atoms with Gasteiger partial charge in [-0.3, -0.25) is 4.79 Å². The molecule has 8 heteroatoms. The van der Waals surface area contributed by atoms with Gasteiger partial charge >= 0.3 is 0 Å². The number of imidazole rings is 1. The maximum atomic E-state index is 13.1. The van der Waals surface area contributed by atoms with E-state index < -0.39 is 12.2 Å². The van der Waals surface area contributed by atoms with Crippen LogP contribution in [0.3, 0.4) is 0 Å². The van der Waals surface area contributed by atoms with Crippen LogP contribution in [0.5, 0.6) is 0 Å². The van der Waals surface area contributed by atoms with E-state index >= 15 is 0 Å². The molecule has 5 nitrogen and oxygen atoms in total. The number of halogens is 3. The van der Waals surface area contributed by atoms with E-state index in [-0.39, 0.29) is 43.7 Å². The minimum atomic E-state index is -0.917. The number of carbonyl (C=O) groups excluding carboxylic acids is 1. The molecule has 2 aromatic rings. The van der Waals surface area contributed by atoms with Crippen LogP contribution in [-0.4, -0.2) is 40.8 Å². The van der Waals surface area contributed by atoms with Gasteiger partial charge in [-0.2, -0.15) is 0 Å². The highest BCUT2D eigenvalue weighted by Gasteiger charge is 2.28. The largest absolute Gasteiger partial charge is 0.354 e. The highest BCUT2D eigenvalue weighted by molar-refractivity contribution is 5.85. The second-order valence-corrected chi connectivity index (χ2v) is 5.60. The van der Waals surface area contributed by atoms with Gasteiger partial charge in [0.05, 0.1) is 17.1 Å². The number of hydrogen-bond donors (Lipinski definition) is 2. The van der Waals surface area contributed by atoms with Crippen LogP contribution in [0.4, 0.5) is 4.39 Å². The maximum Gasteiger partial charge on any atom is 0.237 e. The van der Waals surface area contributed by atoms with E-state index in [0.29, 0.717) is 13.0 Å². The first-order valence-corrected chi connectivity index (χ1v) is 7.78. The lowest BCUT2D eigenvalue weighted by atomic mass is 10.2. The summed E-state index contributed by atoms with van der Waals surface area (Å²) in [7, 11) is 0. The van der Waals surface area contributed by atoms with Crippen LogP contribution in [-0.2, 0) is 17.8 Å². The standard InChI is InChI=1S/C16H21FN4O.2ClH/c1-2-21-14-6-4-3-5-12(14)20-15(21)7-8-18-16(22)13-9-11(17)10-19-13;;/h3-6,11,13,19H,2,7-10H2,1H3,(H,18,22);2*1H/t11-,13+;;/m0../s1. The summed E-state index contributed by atoms with van der Waals surface area (Å²) in [6, 6.07) is 7.62. The second kappa shape index (κ2) is 9.20. The topological polar surface area (TPSA) is 59.0 Å². The second-order valence-electron chi connectivity index (χ2n) is 5.60. The van der Waals surface area contributed by atoms with Crippen molar-refractivity contribution in [3.05, 3.63) is 30.1 Å². The Labute approximate surface area is 153 Å². The number of rotatable bonds is 5. The monoisotopic (exact) mass is 376 g/mol. The van der Waals surface area contributed by atoms with Gasteiger partial charge in [-0.25, -0.2) is 9.37 Å². The number of amides is 1. The molecule has 0 radical (unpaired) electrons. The lowest BCUT2D eigenvalue weighted by Crippen LogP contribution is -2.41. The molecule has 3 rings (SSSR count). The minimum absolute atomic E-state index is 0. The van der Waals surface area contributed by atoms with Gasteiger partial charge in [-0.15, -0.1) is 24.8 Å². The summed E-state index contributed by atoms with van der Waals surface area (Å²) in [5.74, 6) is 0.839. The molecule has 1 saturated heterocycles. The van der Waals surface area contributed by atoms with Crippen molar-refractivity contribution in [2.75, 3.05) is 13.1 Å². The van der Waals surface area contributed by atoms with Gasteiger partial charge in [0.2, 0.25) is 5.91 Å². The van der Waals surface area contributed by atoms with Crippen molar-refractivity contribution in [1.29, 1.82) is 0 Å². The number of para-hydroxylation sites is 2. The van der Waals surface area contributed by atoms with E-state index in [1.807, 2.05) is 18.2 Å². The molecule has 1 fully saturated rings. The van der Waals surface area contributed by atoms with Crippen molar-refractivity contribution < 1.29 is 9.18 Å². The number of alkyl halides is 1. The predicted molar refractivity (Wildman–Crippen MR) is 97.9 cm³/mol. The van der Waals surface area contributed by atoms with Crippen molar-refractivity contribution in [3.63, 3.8) is 0 Å². The average molecular weight is 377 g/mol. The molecular formula is C16H23Cl2FN4O. The van der Waals surface area contributed by atoms with Gasteiger partial charge < -0.3 is 15.2 Å². The molecule has 24 heavy (non-hydrogen) atoms. The molecule has 1 aliphatic rings. The van der Waals surface area contributed by atoms with Crippen molar-refractivity contribution in [3.8, 4) is 0 Å². The van der Waals surface area contributed by atoms with Crippen molar-refractivity contribution in [2.24, 2.45) is 0 Å². The molecule has 2 heterocycles. The molecule has 134 valence electrons. The molecule has 1 aromatic carbocycles. The van der Waals surface area contributed by atoms with Gasteiger partial charge in [-0.05, 0) is 19.1 Å². The molecular weight excluding hydrogens is 354 g/mol. The number of aryl methyl sites for hydroxylation is 1. The summed E-state index contributed by atoms with van der Waals surface area (Å²) in [6.45, 7) is 3.71. The maximum absolute atomic E-state index is 13.1. The number of nitrogens with one attached hydrogen (secondary N) is 2.